The van der Waals surface area contributed by atoms with Gasteiger partial charge in [-0.15, -0.1) is 0 Å². The molecule has 2 nitrogen and oxygen atoms in total. The van der Waals surface area contributed by atoms with E-state index in [0.717, 1.165) is 23.4 Å². The predicted molar refractivity (Wildman–Crippen MR) is 62.4 cm³/mol. The van der Waals surface area contributed by atoms with Crippen LogP contribution in [0.2, 0.25) is 0 Å². The fourth-order valence-electron chi connectivity index (χ4n) is 2.12. The van der Waals surface area contributed by atoms with Gasteiger partial charge in [-0.2, -0.15) is 0 Å². The molecule has 0 spiro atoms. The Morgan fingerprint density at radius 3 is 2.81 bits per heavy atom. The van der Waals surface area contributed by atoms with Gasteiger partial charge in [0, 0.05) is 19.1 Å². The second-order valence-corrected chi connectivity index (χ2v) is 4.56. The average Bonchev–Trinajstić information content (AvgIpc) is 2.28. The SMILES string of the molecule is COc1ccc2c(c1)C(F)CN(C(C)C)C2. The first kappa shape index (κ1) is 11.4. The number of ether oxygens (including phenoxy) is 1. The van der Waals surface area contributed by atoms with Crippen molar-refractivity contribution in [2.75, 3.05) is 13.7 Å². The molecule has 1 unspecified atom stereocenters. The molecular weight excluding hydrogens is 205 g/mol. The quantitative estimate of drug-likeness (QED) is 0.764. The molecule has 0 bridgehead atoms. The van der Waals surface area contributed by atoms with Crippen LogP contribution in [0.1, 0.15) is 31.1 Å². The average molecular weight is 223 g/mol. The summed E-state index contributed by atoms with van der Waals surface area (Å²) in [5.74, 6) is 0.736. The molecule has 88 valence electrons. The highest BCUT2D eigenvalue weighted by atomic mass is 19.1. The number of fused-ring (bicyclic) bond motifs is 1. The number of alkyl halides is 1. The Hall–Kier alpha value is -1.09. The molecule has 3 heteroatoms. The normalized spacial score (nSPS) is 20.9. The van der Waals surface area contributed by atoms with Crippen LogP contribution in [0.5, 0.6) is 5.75 Å². The third kappa shape index (κ3) is 2.05. The molecule has 0 amide bonds. The van der Waals surface area contributed by atoms with Gasteiger partial charge in [0.15, 0.2) is 0 Å². The zero-order chi connectivity index (χ0) is 11.7. The van der Waals surface area contributed by atoms with Crippen LogP contribution in [0.3, 0.4) is 0 Å². The first-order valence-electron chi connectivity index (χ1n) is 5.66. The molecule has 0 aliphatic carbocycles. The van der Waals surface area contributed by atoms with Gasteiger partial charge >= 0.3 is 0 Å². The van der Waals surface area contributed by atoms with Crippen molar-refractivity contribution in [3.8, 4) is 5.75 Å². The maximum absolute atomic E-state index is 14.0. The van der Waals surface area contributed by atoms with Crippen LogP contribution in [0.4, 0.5) is 4.39 Å². The van der Waals surface area contributed by atoms with E-state index in [-0.39, 0.29) is 0 Å². The molecule has 1 aromatic rings. The lowest BCUT2D eigenvalue weighted by atomic mass is 9.97. The van der Waals surface area contributed by atoms with Gasteiger partial charge in [0.05, 0.1) is 7.11 Å². The van der Waals surface area contributed by atoms with E-state index in [1.54, 1.807) is 7.11 Å². The van der Waals surface area contributed by atoms with Crippen LogP contribution in [-0.4, -0.2) is 24.6 Å². The third-order valence-corrected chi connectivity index (χ3v) is 3.19. The summed E-state index contributed by atoms with van der Waals surface area (Å²) >= 11 is 0. The number of hydrogen-bond acceptors (Lipinski definition) is 2. The van der Waals surface area contributed by atoms with Crippen molar-refractivity contribution in [1.82, 2.24) is 4.90 Å². The van der Waals surface area contributed by atoms with Crippen molar-refractivity contribution in [3.05, 3.63) is 29.3 Å². The number of methoxy groups -OCH3 is 1. The summed E-state index contributed by atoms with van der Waals surface area (Å²) in [6, 6.07) is 6.07. The Morgan fingerprint density at radius 2 is 2.19 bits per heavy atom. The monoisotopic (exact) mass is 223 g/mol. The summed E-state index contributed by atoms with van der Waals surface area (Å²) in [5.41, 5.74) is 1.87. The highest BCUT2D eigenvalue weighted by Crippen LogP contribution is 2.32. The van der Waals surface area contributed by atoms with Crippen LogP contribution < -0.4 is 4.74 Å². The van der Waals surface area contributed by atoms with Crippen LogP contribution in [0.15, 0.2) is 18.2 Å². The van der Waals surface area contributed by atoms with Gasteiger partial charge in [0.25, 0.3) is 0 Å². The summed E-state index contributed by atoms with van der Waals surface area (Å²) < 4.78 is 19.1. The predicted octanol–water partition coefficient (Wildman–Crippen LogP) is 2.93. The first-order valence-corrected chi connectivity index (χ1v) is 5.66. The van der Waals surface area contributed by atoms with Gasteiger partial charge in [0.2, 0.25) is 0 Å². The molecule has 1 aromatic carbocycles. The van der Waals surface area contributed by atoms with Crippen LogP contribution in [0.25, 0.3) is 0 Å². The topological polar surface area (TPSA) is 12.5 Å². The van der Waals surface area contributed by atoms with Crippen LogP contribution in [0, 0.1) is 0 Å². The van der Waals surface area contributed by atoms with E-state index in [1.807, 2.05) is 18.2 Å². The lowest BCUT2D eigenvalue weighted by Crippen LogP contribution is -2.37. The molecule has 0 aromatic heterocycles. The van der Waals surface area contributed by atoms with Gasteiger partial charge in [0.1, 0.15) is 11.9 Å². The highest BCUT2D eigenvalue weighted by molar-refractivity contribution is 5.38. The van der Waals surface area contributed by atoms with Crippen molar-refractivity contribution in [2.24, 2.45) is 0 Å². The molecule has 1 heterocycles. The van der Waals surface area contributed by atoms with E-state index in [0.29, 0.717) is 12.6 Å². The van der Waals surface area contributed by atoms with E-state index >= 15 is 0 Å². The third-order valence-electron chi connectivity index (χ3n) is 3.19. The van der Waals surface area contributed by atoms with Crippen LogP contribution >= 0.6 is 0 Å². The summed E-state index contributed by atoms with van der Waals surface area (Å²) in [6.45, 7) is 5.51. The lowest BCUT2D eigenvalue weighted by molar-refractivity contribution is 0.133. The Labute approximate surface area is 96.0 Å². The maximum Gasteiger partial charge on any atom is 0.138 e. The number of hydrogen-bond donors (Lipinski definition) is 0. The lowest BCUT2D eigenvalue weighted by Gasteiger charge is -2.34. The Morgan fingerprint density at radius 1 is 1.44 bits per heavy atom. The molecule has 0 N–H and O–H groups in total. The summed E-state index contributed by atoms with van der Waals surface area (Å²) in [5, 5.41) is 0. The second-order valence-electron chi connectivity index (χ2n) is 4.56. The second kappa shape index (κ2) is 4.42. The molecule has 0 saturated carbocycles. The molecule has 2 rings (SSSR count). The number of halogens is 1. The van der Waals surface area contributed by atoms with Gasteiger partial charge in [-0.25, -0.2) is 4.39 Å². The fraction of sp³-hybridized carbons (Fsp3) is 0.538. The van der Waals surface area contributed by atoms with Crippen molar-refractivity contribution in [3.63, 3.8) is 0 Å². The molecule has 1 atom stereocenters. The first-order chi connectivity index (χ1) is 7.61. The maximum atomic E-state index is 14.0. The van der Waals surface area contributed by atoms with Crippen molar-refractivity contribution in [1.29, 1.82) is 0 Å². The molecule has 16 heavy (non-hydrogen) atoms. The zero-order valence-electron chi connectivity index (χ0n) is 10.0. The number of rotatable bonds is 2. The highest BCUT2D eigenvalue weighted by Gasteiger charge is 2.26. The van der Waals surface area contributed by atoms with E-state index < -0.39 is 6.17 Å². The number of benzene rings is 1. The smallest absolute Gasteiger partial charge is 0.138 e. The zero-order valence-corrected chi connectivity index (χ0v) is 10.0. The Bertz CT molecular complexity index is 378. The standard InChI is InChI=1S/C13H18FNO/c1-9(2)15-7-10-4-5-11(16-3)6-12(10)13(14)8-15/h4-6,9,13H,7-8H2,1-3H3. The van der Waals surface area contributed by atoms with Gasteiger partial charge < -0.3 is 4.74 Å². The Balaban J connectivity index is 2.30. The van der Waals surface area contributed by atoms with Gasteiger partial charge in [-0.05, 0) is 37.1 Å². The van der Waals surface area contributed by atoms with Gasteiger partial charge in [-0.1, -0.05) is 6.07 Å². The van der Waals surface area contributed by atoms with Gasteiger partial charge in [-0.3, -0.25) is 4.90 Å². The van der Waals surface area contributed by atoms with E-state index in [1.165, 1.54) is 0 Å². The minimum atomic E-state index is -0.902. The summed E-state index contributed by atoms with van der Waals surface area (Å²) in [7, 11) is 1.61. The van der Waals surface area contributed by atoms with Crippen molar-refractivity contribution >= 4 is 0 Å². The van der Waals surface area contributed by atoms with Crippen LogP contribution in [-0.2, 0) is 6.54 Å². The van der Waals surface area contributed by atoms with Crippen molar-refractivity contribution in [2.45, 2.75) is 32.6 Å². The largest absolute Gasteiger partial charge is 0.497 e. The van der Waals surface area contributed by atoms with E-state index in [4.69, 9.17) is 4.74 Å². The molecular formula is C13H18FNO. The van der Waals surface area contributed by atoms with Crippen molar-refractivity contribution < 1.29 is 9.13 Å². The summed E-state index contributed by atoms with van der Waals surface area (Å²) in [6.07, 6.45) is -0.902. The molecule has 1 aliphatic rings. The fourth-order valence-corrected chi connectivity index (χ4v) is 2.12. The Kier molecular flexibility index (Phi) is 3.15. The molecule has 0 saturated heterocycles. The summed E-state index contributed by atoms with van der Waals surface area (Å²) in [4.78, 5) is 2.15. The molecule has 0 radical (unpaired) electrons. The minimum absolute atomic E-state index is 0.383. The minimum Gasteiger partial charge on any atom is -0.497 e. The molecule has 0 fully saturated rings. The van der Waals surface area contributed by atoms with E-state index in [2.05, 4.69) is 18.7 Å². The molecule has 1 aliphatic heterocycles. The number of nitrogens with zero attached hydrogens (tertiary/aromatic N) is 1. The van der Waals surface area contributed by atoms with E-state index in [9.17, 15) is 4.39 Å².